The number of para-hydroxylation sites is 1. The molecule has 0 saturated carbocycles. The Balaban J connectivity index is 2.30. The predicted molar refractivity (Wildman–Crippen MR) is 78.0 cm³/mol. The standard InChI is InChI=1S/C15H12N2OS/c1-2-9-14(17)13(7-16)19-15(9)11-8-18-12-6-4-3-5-10(11)12/h3-6,8H,2,17H2,1H3. The first kappa shape index (κ1) is 11.8. The van der Waals surface area contributed by atoms with Crippen LogP contribution >= 0.6 is 11.3 Å². The molecular weight excluding hydrogens is 256 g/mol. The molecule has 0 aliphatic rings. The van der Waals surface area contributed by atoms with Gasteiger partial charge in [-0.25, -0.2) is 0 Å². The van der Waals surface area contributed by atoms with E-state index in [1.54, 1.807) is 6.26 Å². The number of fused-ring (bicyclic) bond motifs is 1. The summed E-state index contributed by atoms with van der Waals surface area (Å²) in [5, 5.41) is 10.2. The van der Waals surface area contributed by atoms with Crippen molar-refractivity contribution in [3.05, 3.63) is 41.0 Å². The van der Waals surface area contributed by atoms with E-state index in [0.717, 1.165) is 33.4 Å². The average Bonchev–Trinajstić information content (AvgIpc) is 2.99. The van der Waals surface area contributed by atoms with Crippen molar-refractivity contribution in [1.82, 2.24) is 0 Å². The monoisotopic (exact) mass is 268 g/mol. The zero-order chi connectivity index (χ0) is 13.4. The van der Waals surface area contributed by atoms with Crippen LogP contribution in [-0.4, -0.2) is 0 Å². The molecule has 2 aromatic heterocycles. The Morgan fingerprint density at radius 3 is 2.89 bits per heavy atom. The molecule has 2 heterocycles. The summed E-state index contributed by atoms with van der Waals surface area (Å²) in [4.78, 5) is 1.62. The summed E-state index contributed by atoms with van der Waals surface area (Å²) in [6, 6.07) is 10.0. The van der Waals surface area contributed by atoms with Crippen LogP contribution in [0, 0.1) is 11.3 Å². The van der Waals surface area contributed by atoms with E-state index in [1.807, 2.05) is 31.2 Å². The first-order valence-corrected chi connectivity index (χ1v) is 6.85. The van der Waals surface area contributed by atoms with E-state index in [-0.39, 0.29) is 0 Å². The Morgan fingerprint density at radius 1 is 1.37 bits per heavy atom. The highest BCUT2D eigenvalue weighted by Crippen LogP contribution is 2.42. The molecular formula is C15H12N2OS. The van der Waals surface area contributed by atoms with Crippen LogP contribution in [0.15, 0.2) is 34.9 Å². The summed E-state index contributed by atoms with van der Waals surface area (Å²) in [5.41, 5.74) is 9.55. The van der Waals surface area contributed by atoms with Crippen LogP contribution in [0.2, 0.25) is 0 Å². The third-order valence-corrected chi connectivity index (χ3v) is 4.41. The molecule has 0 atom stereocenters. The summed E-state index contributed by atoms with van der Waals surface area (Å²) in [7, 11) is 0. The zero-order valence-electron chi connectivity index (χ0n) is 10.4. The molecule has 2 N–H and O–H groups in total. The van der Waals surface area contributed by atoms with Gasteiger partial charge in [0.2, 0.25) is 0 Å². The first-order valence-electron chi connectivity index (χ1n) is 6.04. The van der Waals surface area contributed by atoms with Gasteiger partial charge in [-0.1, -0.05) is 25.1 Å². The molecule has 0 spiro atoms. The van der Waals surface area contributed by atoms with Gasteiger partial charge in [0.1, 0.15) is 22.8 Å². The smallest absolute Gasteiger partial charge is 0.134 e. The van der Waals surface area contributed by atoms with Gasteiger partial charge in [-0.3, -0.25) is 0 Å². The van der Waals surface area contributed by atoms with Crippen LogP contribution in [0.3, 0.4) is 0 Å². The normalized spacial score (nSPS) is 10.7. The van der Waals surface area contributed by atoms with Crippen LogP contribution in [0.25, 0.3) is 21.4 Å². The van der Waals surface area contributed by atoms with Crippen LogP contribution in [-0.2, 0) is 6.42 Å². The number of nitrogen functional groups attached to an aromatic ring is 1. The minimum atomic E-state index is 0.581. The minimum absolute atomic E-state index is 0.581. The van der Waals surface area contributed by atoms with Gasteiger partial charge in [-0.05, 0) is 18.1 Å². The minimum Gasteiger partial charge on any atom is -0.464 e. The molecule has 0 aliphatic carbocycles. The molecule has 3 rings (SSSR count). The number of benzene rings is 1. The molecule has 0 fully saturated rings. The number of anilines is 1. The number of nitrogens with zero attached hydrogens (tertiary/aromatic N) is 1. The summed E-state index contributed by atoms with van der Waals surface area (Å²) in [5.74, 6) is 0. The van der Waals surface area contributed by atoms with Gasteiger partial charge in [0.05, 0.1) is 5.69 Å². The number of hydrogen-bond donors (Lipinski definition) is 1. The second kappa shape index (κ2) is 4.45. The Labute approximate surface area is 114 Å². The quantitative estimate of drug-likeness (QED) is 0.758. The number of rotatable bonds is 2. The molecule has 0 saturated heterocycles. The third-order valence-electron chi connectivity index (χ3n) is 3.23. The van der Waals surface area contributed by atoms with Crippen molar-refractivity contribution in [2.24, 2.45) is 0 Å². The molecule has 4 heteroatoms. The van der Waals surface area contributed by atoms with E-state index in [2.05, 4.69) is 6.07 Å². The van der Waals surface area contributed by atoms with Crippen molar-refractivity contribution < 1.29 is 4.42 Å². The molecule has 94 valence electrons. The second-order valence-corrected chi connectivity index (χ2v) is 5.28. The highest BCUT2D eigenvalue weighted by atomic mass is 32.1. The van der Waals surface area contributed by atoms with Crippen molar-refractivity contribution in [2.75, 3.05) is 5.73 Å². The third kappa shape index (κ3) is 1.71. The maximum absolute atomic E-state index is 9.12. The van der Waals surface area contributed by atoms with E-state index < -0.39 is 0 Å². The topological polar surface area (TPSA) is 63.0 Å². The van der Waals surface area contributed by atoms with Crippen LogP contribution in [0.1, 0.15) is 17.4 Å². The van der Waals surface area contributed by atoms with Crippen molar-refractivity contribution in [2.45, 2.75) is 13.3 Å². The fraction of sp³-hybridized carbons (Fsp3) is 0.133. The molecule has 1 aromatic carbocycles. The Morgan fingerprint density at radius 2 is 2.16 bits per heavy atom. The van der Waals surface area contributed by atoms with Gasteiger partial charge in [-0.2, -0.15) is 5.26 Å². The number of furan rings is 1. The van der Waals surface area contributed by atoms with Crippen LogP contribution < -0.4 is 5.73 Å². The van der Waals surface area contributed by atoms with E-state index in [1.165, 1.54) is 11.3 Å². The highest BCUT2D eigenvalue weighted by Gasteiger charge is 2.18. The van der Waals surface area contributed by atoms with E-state index in [4.69, 9.17) is 15.4 Å². The number of hydrogen-bond acceptors (Lipinski definition) is 4. The molecule has 0 bridgehead atoms. The van der Waals surface area contributed by atoms with Gasteiger partial charge < -0.3 is 10.2 Å². The SMILES string of the molecule is CCc1c(-c2coc3ccccc23)sc(C#N)c1N. The highest BCUT2D eigenvalue weighted by molar-refractivity contribution is 7.17. The molecule has 3 aromatic rings. The van der Waals surface area contributed by atoms with Crippen molar-refractivity contribution >= 4 is 28.0 Å². The Hall–Kier alpha value is -2.25. The maximum atomic E-state index is 9.12. The maximum Gasteiger partial charge on any atom is 0.134 e. The van der Waals surface area contributed by atoms with Gasteiger partial charge in [-0.15, -0.1) is 11.3 Å². The Kier molecular flexibility index (Phi) is 2.77. The van der Waals surface area contributed by atoms with Crippen LogP contribution in [0.4, 0.5) is 5.69 Å². The molecule has 3 nitrogen and oxygen atoms in total. The summed E-state index contributed by atoms with van der Waals surface area (Å²) >= 11 is 1.44. The predicted octanol–water partition coefficient (Wildman–Crippen LogP) is 4.18. The zero-order valence-corrected chi connectivity index (χ0v) is 11.3. The molecule has 0 unspecified atom stereocenters. The lowest BCUT2D eigenvalue weighted by Gasteiger charge is -2.00. The lowest BCUT2D eigenvalue weighted by Crippen LogP contribution is -1.91. The first-order chi connectivity index (χ1) is 9.26. The second-order valence-electron chi connectivity index (χ2n) is 4.26. The van der Waals surface area contributed by atoms with Gasteiger partial charge in [0, 0.05) is 15.8 Å². The summed E-state index contributed by atoms with van der Waals surface area (Å²) in [6.45, 7) is 2.05. The van der Waals surface area contributed by atoms with Gasteiger partial charge in [0.15, 0.2) is 0 Å². The van der Waals surface area contributed by atoms with Gasteiger partial charge in [0.25, 0.3) is 0 Å². The largest absolute Gasteiger partial charge is 0.464 e. The lowest BCUT2D eigenvalue weighted by atomic mass is 10.1. The van der Waals surface area contributed by atoms with E-state index in [0.29, 0.717) is 10.6 Å². The fourth-order valence-electron chi connectivity index (χ4n) is 2.28. The molecule has 0 amide bonds. The van der Waals surface area contributed by atoms with Crippen molar-refractivity contribution in [1.29, 1.82) is 5.26 Å². The lowest BCUT2D eigenvalue weighted by molar-refractivity contribution is 0.617. The van der Waals surface area contributed by atoms with Crippen molar-refractivity contribution in [3.8, 4) is 16.5 Å². The number of nitriles is 1. The van der Waals surface area contributed by atoms with Crippen molar-refractivity contribution in [3.63, 3.8) is 0 Å². The Bertz CT molecular complexity index is 792. The average molecular weight is 268 g/mol. The number of thiophene rings is 1. The summed E-state index contributed by atoms with van der Waals surface area (Å²) < 4.78 is 5.57. The van der Waals surface area contributed by atoms with Crippen LogP contribution in [0.5, 0.6) is 0 Å². The fourth-order valence-corrected chi connectivity index (χ4v) is 3.41. The van der Waals surface area contributed by atoms with E-state index in [9.17, 15) is 0 Å². The molecule has 19 heavy (non-hydrogen) atoms. The van der Waals surface area contributed by atoms with Gasteiger partial charge >= 0.3 is 0 Å². The molecule has 0 aliphatic heterocycles. The summed E-state index contributed by atoms with van der Waals surface area (Å²) in [6.07, 6.45) is 2.55. The van der Waals surface area contributed by atoms with E-state index >= 15 is 0 Å². The molecule has 0 radical (unpaired) electrons. The number of nitrogens with two attached hydrogens (primary N) is 1.